The first-order chi connectivity index (χ1) is 7.59. The van der Waals surface area contributed by atoms with Gasteiger partial charge in [-0.1, -0.05) is 12.1 Å². The van der Waals surface area contributed by atoms with Crippen molar-refractivity contribution >= 4 is 21.7 Å². The molecule has 0 saturated heterocycles. The van der Waals surface area contributed by atoms with Crippen LogP contribution in [0.25, 0.3) is 11.5 Å². The third kappa shape index (κ3) is 1.93. The summed E-state index contributed by atoms with van der Waals surface area (Å²) in [7, 11) is 0. The predicted octanol–water partition coefficient (Wildman–Crippen LogP) is 3.62. The first-order valence-corrected chi connectivity index (χ1v) is 5.62. The van der Waals surface area contributed by atoms with Gasteiger partial charge in [0.25, 0.3) is 0 Å². The first kappa shape index (κ1) is 11.1. The van der Waals surface area contributed by atoms with Crippen molar-refractivity contribution in [1.29, 1.82) is 0 Å². The van der Waals surface area contributed by atoms with Crippen LogP contribution in [0.4, 0.5) is 0 Å². The van der Waals surface area contributed by atoms with Crippen LogP contribution in [0.1, 0.15) is 23.2 Å². The Morgan fingerprint density at radius 1 is 1.38 bits per heavy atom. The molecule has 0 bridgehead atoms. The second-order valence-corrected chi connectivity index (χ2v) is 4.31. The van der Waals surface area contributed by atoms with Crippen LogP contribution in [0.3, 0.4) is 0 Å². The third-order valence-corrected chi connectivity index (χ3v) is 2.93. The molecule has 0 radical (unpaired) electrons. The highest BCUT2D eigenvalue weighted by Gasteiger charge is 2.15. The van der Waals surface area contributed by atoms with Crippen LogP contribution in [-0.4, -0.2) is 10.8 Å². The largest absolute Gasteiger partial charge is 0.441 e. The van der Waals surface area contributed by atoms with Gasteiger partial charge >= 0.3 is 0 Å². The maximum absolute atomic E-state index is 11.3. The molecule has 82 valence electrons. The molecule has 3 nitrogen and oxygen atoms in total. The number of benzene rings is 1. The molecule has 0 saturated carbocycles. The second-order valence-electron chi connectivity index (χ2n) is 3.46. The first-order valence-electron chi connectivity index (χ1n) is 4.83. The van der Waals surface area contributed by atoms with Crippen LogP contribution >= 0.6 is 15.9 Å². The summed E-state index contributed by atoms with van der Waals surface area (Å²) >= 11 is 3.42. The van der Waals surface area contributed by atoms with Crippen molar-refractivity contribution in [3.8, 4) is 11.5 Å². The van der Waals surface area contributed by atoms with Gasteiger partial charge in [-0.05, 0) is 35.0 Å². The number of hydrogen-bond acceptors (Lipinski definition) is 3. The van der Waals surface area contributed by atoms with Crippen LogP contribution in [-0.2, 0) is 0 Å². The molecule has 1 aromatic heterocycles. The number of carbonyl (C=O) groups is 1. The van der Waals surface area contributed by atoms with E-state index in [4.69, 9.17) is 4.42 Å². The molecule has 0 N–H and O–H groups in total. The van der Waals surface area contributed by atoms with Gasteiger partial charge in [-0.2, -0.15) is 0 Å². The summed E-state index contributed by atoms with van der Waals surface area (Å²) in [5.74, 6) is 0.938. The summed E-state index contributed by atoms with van der Waals surface area (Å²) in [4.78, 5) is 15.5. The maximum atomic E-state index is 11.3. The minimum atomic E-state index is -0.0837. The van der Waals surface area contributed by atoms with E-state index in [1.165, 1.54) is 6.92 Å². The van der Waals surface area contributed by atoms with Crippen molar-refractivity contribution in [2.45, 2.75) is 13.8 Å². The number of ketones is 1. The predicted molar refractivity (Wildman–Crippen MR) is 64.4 cm³/mol. The molecule has 0 aliphatic rings. The van der Waals surface area contributed by atoms with Crippen molar-refractivity contribution in [1.82, 2.24) is 4.98 Å². The average molecular weight is 280 g/mol. The van der Waals surface area contributed by atoms with Crippen LogP contribution in [0.15, 0.2) is 33.2 Å². The molecular weight excluding hydrogens is 270 g/mol. The SMILES string of the molecule is CC(=O)c1nc(-c2ccccc2Br)oc1C. The summed E-state index contributed by atoms with van der Waals surface area (Å²) in [6.07, 6.45) is 0. The van der Waals surface area contributed by atoms with E-state index >= 15 is 0 Å². The van der Waals surface area contributed by atoms with Gasteiger partial charge in [0.1, 0.15) is 11.5 Å². The lowest BCUT2D eigenvalue weighted by Gasteiger charge is -1.97. The number of Topliss-reactive ketones (excluding diaryl/α,β-unsaturated/α-hetero) is 1. The van der Waals surface area contributed by atoms with Gasteiger partial charge in [-0.3, -0.25) is 4.79 Å². The van der Waals surface area contributed by atoms with E-state index in [9.17, 15) is 4.79 Å². The number of hydrogen-bond donors (Lipinski definition) is 0. The molecule has 0 atom stereocenters. The van der Waals surface area contributed by atoms with Gasteiger partial charge in [-0.25, -0.2) is 4.98 Å². The Balaban J connectivity index is 2.54. The Hall–Kier alpha value is -1.42. The number of oxazole rings is 1. The molecular formula is C12H10BrNO2. The molecule has 2 aromatic rings. The number of halogens is 1. The zero-order valence-corrected chi connectivity index (χ0v) is 10.5. The van der Waals surface area contributed by atoms with E-state index in [1.807, 2.05) is 24.3 Å². The van der Waals surface area contributed by atoms with Gasteiger partial charge in [0.05, 0.1) is 5.56 Å². The lowest BCUT2D eigenvalue weighted by molar-refractivity contribution is 0.101. The van der Waals surface area contributed by atoms with Crippen molar-refractivity contribution in [3.05, 3.63) is 40.2 Å². The Morgan fingerprint density at radius 3 is 2.62 bits per heavy atom. The Kier molecular flexibility index (Phi) is 2.92. The molecule has 0 spiro atoms. The van der Waals surface area contributed by atoms with E-state index < -0.39 is 0 Å². The van der Waals surface area contributed by atoms with Crippen LogP contribution in [0.5, 0.6) is 0 Å². The van der Waals surface area contributed by atoms with E-state index in [1.54, 1.807) is 6.92 Å². The average Bonchev–Trinajstić information content (AvgIpc) is 2.61. The molecule has 0 aliphatic heterocycles. The maximum Gasteiger partial charge on any atom is 0.228 e. The Morgan fingerprint density at radius 2 is 2.06 bits per heavy atom. The molecule has 0 fully saturated rings. The van der Waals surface area contributed by atoms with Crippen LogP contribution in [0.2, 0.25) is 0 Å². The molecule has 0 aliphatic carbocycles. The molecule has 16 heavy (non-hydrogen) atoms. The highest BCUT2D eigenvalue weighted by atomic mass is 79.9. The monoisotopic (exact) mass is 279 g/mol. The van der Waals surface area contributed by atoms with Gasteiger partial charge < -0.3 is 4.42 Å². The normalized spacial score (nSPS) is 10.4. The lowest BCUT2D eigenvalue weighted by atomic mass is 10.2. The second kappa shape index (κ2) is 4.22. The lowest BCUT2D eigenvalue weighted by Crippen LogP contribution is -1.94. The van der Waals surface area contributed by atoms with Crippen molar-refractivity contribution < 1.29 is 9.21 Å². The standard InChI is InChI=1S/C12H10BrNO2/c1-7(15)11-8(2)16-12(14-11)9-5-3-4-6-10(9)13/h3-6H,1-2H3. The van der Waals surface area contributed by atoms with E-state index in [0.29, 0.717) is 17.3 Å². The fourth-order valence-electron chi connectivity index (χ4n) is 1.47. The van der Waals surface area contributed by atoms with Gasteiger partial charge in [-0.15, -0.1) is 0 Å². The highest BCUT2D eigenvalue weighted by Crippen LogP contribution is 2.28. The van der Waals surface area contributed by atoms with Gasteiger partial charge in [0.15, 0.2) is 5.78 Å². The number of carbonyl (C=O) groups excluding carboxylic acids is 1. The molecule has 1 heterocycles. The third-order valence-electron chi connectivity index (χ3n) is 2.23. The zero-order chi connectivity index (χ0) is 11.7. The highest BCUT2D eigenvalue weighted by molar-refractivity contribution is 9.10. The fourth-order valence-corrected chi connectivity index (χ4v) is 1.93. The summed E-state index contributed by atoms with van der Waals surface area (Å²) in [6, 6.07) is 7.60. The molecule has 1 aromatic carbocycles. The number of rotatable bonds is 2. The summed E-state index contributed by atoms with van der Waals surface area (Å²) in [5, 5.41) is 0. The number of nitrogens with zero attached hydrogens (tertiary/aromatic N) is 1. The number of aromatic nitrogens is 1. The van der Waals surface area contributed by atoms with E-state index in [-0.39, 0.29) is 5.78 Å². The zero-order valence-electron chi connectivity index (χ0n) is 8.95. The molecule has 0 unspecified atom stereocenters. The van der Waals surface area contributed by atoms with Crippen LogP contribution in [0, 0.1) is 6.92 Å². The minimum absolute atomic E-state index is 0.0837. The van der Waals surface area contributed by atoms with E-state index in [0.717, 1.165) is 10.0 Å². The van der Waals surface area contributed by atoms with Crippen molar-refractivity contribution in [3.63, 3.8) is 0 Å². The quantitative estimate of drug-likeness (QED) is 0.789. The molecule has 0 amide bonds. The van der Waals surface area contributed by atoms with Crippen molar-refractivity contribution in [2.24, 2.45) is 0 Å². The Labute approximate surface area is 102 Å². The van der Waals surface area contributed by atoms with Crippen LogP contribution < -0.4 is 0 Å². The van der Waals surface area contributed by atoms with Gasteiger partial charge in [0, 0.05) is 11.4 Å². The minimum Gasteiger partial charge on any atom is -0.441 e. The smallest absolute Gasteiger partial charge is 0.228 e. The summed E-state index contributed by atoms with van der Waals surface area (Å²) in [6.45, 7) is 3.22. The molecule has 2 rings (SSSR count). The van der Waals surface area contributed by atoms with Crippen molar-refractivity contribution in [2.75, 3.05) is 0 Å². The summed E-state index contributed by atoms with van der Waals surface area (Å²) in [5.41, 5.74) is 1.24. The summed E-state index contributed by atoms with van der Waals surface area (Å²) < 4.78 is 6.38. The fraction of sp³-hybridized carbons (Fsp3) is 0.167. The molecule has 4 heteroatoms. The van der Waals surface area contributed by atoms with E-state index in [2.05, 4.69) is 20.9 Å². The Bertz CT molecular complexity index is 546. The number of aryl methyl sites for hydroxylation is 1. The topological polar surface area (TPSA) is 43.1 Å². The van der Waals surface area contributed by atoms with Gasteiger partial charge in [0.2, 0.25) is 5.89 Å².